The second-order valence-corrected chi connectivity index (χ2v) is 10.3. The van der Waals surface area contributed by atoms with Crippen molar-refractivity contribution in [3.05, 3.63) is 48.5 Å². The molecule has 25 heavy (non-hydrogen) atoms. The van der Waals surface area contributed by atoms with Gasteiger partial charge in [0.05, 0.1) is 13.2 Å². The van der Waals surface area contributed by atoms with Gasteiger partial charge in [0.1, 0.15) is 11.5 Å². The number of benzene rings is 2. The van der Waals surface area contributed by atoms with Crippen molar-refractivity contribution in [1.29, 1.82) is 0 Å². The Hall–Kier alpha value is -1.11. The van der Waals surface area contributed by atoms with E-state index in [1.165, 1.54) is 0 Å². The Morgan fingerprint density at radius 2 is 1.20 bits per heavy atom. The molecule has 134 valence electrons. The normalized spacial score (nSPS) is 9.40. The van der Waals surface area contributed by atoms with Gasteiger partial charge < -0.3 is 20.1 Å². The van der Waals surface area contributed by atoms with Gasteiger partial charge in [-0.15, -0.1) is 0 Å². The number of alkyl halides is 1. The third-order valence-corrected chi connectivity index (χ3v) is 3.05. The molecule has 0 atom stereocenters. The molecule has 4 nitrogen and oxygen atoms in total. The summed E-state index contributed by atoms with van der Waals surface area (Å²) in [5, 5.41) is 6.80. The summed E-state index contributed by atoms with van der Waals surface area (Å²) < 4.78 is 11.7. The van der Waals surface area contributed by atoms with Crippen molar-refractivity contribution in [2.75, 3.05) is 27.5 Å². The van der Waals surface area contributed by atoms with Crippen LogP contribution >= 0.6 is 23.8 Å². The van der Waals surface area contributed by atoms with Crippen LogP contribution < -0.4 is 20.1 Å². The van der Waals surface area contributed by atoms with E-state index in [4.69, 9.17) is 33.3 Å². The molecule has 0 spiro atoms. The van der Waals surface area contributed by atoms with Crippen molar-refractivity contribution in [3.63, 3.8) is 0 Å². The van der Waals surface area contributed by atoms with Crippen LogP contribution in [0, 0.1) is 0 Å². The van der Waals surface area contributed by atoms with Gasteiger partial charge in [0.25, 0.3) is 0 Å². The minimum absolute atomic E-state index is 0.535. The van der Waals surface area contributed by atoms with Gasteiger partial charge in [-0.1, -0.05) is 0 Å². The number of rotatable bonds is 6. The monoisotopic (exact) mass is 482 g/mol. The number of hydrogen-bond donors (Lipinski definition) is 2. The topological polar surface area (TPSA) is 42.5 Å². The Balaban J connectivity index is 0.000000970. The van der Waals surface area contributed by atoms with E-state index < -0.39 is 0 Å². The Labute approximate surface area is 174 Å². The average molecular weight is 483 g/mol. The van der Waals surface area contributed by atoms with Crippen LogP contribution in [0.5, 0.6) is 11.5 Å². The molecule has 0 aliphatic rings. The molecule has 0 aliphatic heterocycles. The van der Waals surface area contributed by atoms with E-state index in [1.807, 2.05) is 62.4 Å². The number of anilines is 2. The van der Waals surface area contributed by atoms with Crippen molar-refractivity contribution in [2.24, 2.45) is 0 Å². The Morgan fingerprint density at radius 3 is 1.48 bits per heavy atom. The van der Waals surface area contributed by atoms with Crippen molar-refractivity contribution in [2.45, 2.75) is 13.8 Å². The van der Waals surface area contributed by atoms with Gasteiger partial charge in [-0.25, -0.2) is 0 Å². The fourth-order valence-electron chi connectivity index (χ4n) is 1.90. The molecule has 0 radical (unpaired) electrons. The van der Waals surface area contributed by atoms with Crippen LogP contribution in [0.2, 0.25) is 0 Å². The van der Waals surface area contributed by atoms with E-state index in [0.717, 1.165) is 50.9 Å². The number of hydrogen-bond acceptors (Lipinski definition) is 3. The van der Waals surface area contributed by atoms with Crippen LogP contribution in [0.25, 0.3) is 0 Å². The summed E-state index contributed by atoms with van der Waals surface area (Å²) in [4.78, 5) is 0. The molecule has 2 aromatic carbocycles. The quantitative estimate of drug-likeness (QED) is 0.479. The molecule has 0 fully saturated rings. The SMILES string of the molecule is CCOc1ccc(NC(=S)Nc2ccc(OCC)cc2)cc1.Cl[CH2][InH2]. The number of nitrogens with one attached hydrogen (secondary N) is 2. The van der Waals surface area contributed by atoms with Gasteiger partial charge in [-0.2, -0.15) is 0 Å². The molecule has 2 rings (SSSR count). The summed E-state index contributed by atoms with van der Waals surface area (Å²) in [7, 11) is 0. The fraction of sp³-hybridized carbons (Fsp3) is 0.278. The first-order valence-electron chi connectivity index (χ1n) is 8.22. The molecule has 0 heterocycles. The van der Waals surface area contributed by atoms with Crippen molar-refractivity contribution in [1.82, 2.24) is 0 Å². The summed E-state index contributed by atoms with van der Waals surface area (Å²) in [5.41, 5.74) is 1.82. The summed E-state index contributed by atoms with van der Waals surface area (Å²) >= 11 is 11.1. The predicted octanol–water partition coefficient (Wildman–Crippen LogP) is 4.11. The molecular formula is C18H24ClInN2O2S. The second-order valence-electron chi connectivity index (χ2n) is 4.76. The van der Waals surface area contributed by atoms with E-state index in [-0.39, 0.29) is 0 Å². The van der Waals surface area contributed by atoms with Gasteiger partial charge in [0, 0.05) is 11.4 Å². The zero-order valence-corrected chi connectivity index (χ0v) is 22.1. The zero-order chi connectivity index (χ0) is 18.5. The van der Waals surface area contributed by atoms with Gasteiger partial charge >= 0.3 is 39.6 Å². The van der Waals surface area contributed by atoms with E-state index in [0.29, 0.717) is 18.3 Å². The standard InChI is InChI=1S/C17H20N2O2S.CH2Cl.In.2H/c1-3-20-15-9-5-13(6-10-15)18-17(22)19-14-7-11-16(12-8-14)21-4-2;1-2;;;/h5-12H,3-4H2,1-2H3,(H2,18,19,22);1H2;;;. The van der Waals surface area contributed by atoms with Crippen LogP contribution in [0.4, 0.5) is 11.4 Å². The third-order valence-electron chi connectivity index (χ3n) is 2.85. The van der Waals surface area contributed by atoms with Crippen molar-refractivity contribution in [3.8, 4) is 11.5 Å². The Morgan fingerprint density at radius 1 is 0.880 bits per heavy atom. The average Bonchev–Trinajstić information content (AvgIpc) is 2.60. The molecule has 2 N–H and O–H groups in total. The number of halogens is 1. The van der Waals surface area contributed by atoms with Gasteiger partial charge in [0.2, 0.25) is 0 Å². The summed E-state index contributed by atoms with van der Waals surface area (Å²) in [6, 6.07) is 15.3. The van der Waals surface area contributed by atoms with Crippen LogP contribution in [0.3, 0.4) is 0 Å². The van der Waals surface area contributed by atoms with E-state index in [1.54, 1.807) is 0 Å². The van der Waals surface area contributed by atoms with E-state index in [9.17, 15) is 0 Å². The second kappa shape index (κ2) is 13.1. The van der Waals surface area contributed by atoms with Crippen LogP contribution in [0.1, 0.15) is 13.8 Å². The number of thiocarbonyl (C=S) groups is 1. The maximum atomic E-state index is 5.40. The first-order valence-corrected chi connectivity index (χ1v) is 13.2. The molecule has 0 unspecified atom stereocenters. The zero-order valence-electron chi connectivity index (χ0n) is 14.8. The molecule has 0 amide bonds. The molecule has 0 saturated carbocycles. The van der Waals surface area contributed by atoms with Gasteiger partial charge in [-0.3, -0.25) is 0 Å². The molecule has 0 bridgehead atoms. The van der Waals surface area contributed by atoms with Crippen LogP contribution in [-0.4, -0.2) is 46.3 Å². The van der Waals surface area contributed by atoms with Crippen molar-refractivity contribution < 1.29 is 9.47 Å². The molecular weight excluding hydrogens is 459 g/mol. The van der Waals surface area contributed by atoms with Gasteiger partial charge in [-0.05, 0) is 74.6 Å². The first-order chi connectivity index (χ1) is 12.1. The molecule has 7 heteroatoms. The first kappa shape index (κ1) is 21.9. The molecule has 0 aromatic heterocycles. The maximum absolute atomic E-state index is 5.40. The molecule has 0 saturated heterocycles. The Kier molecular flexibility index (Phi) is 11.5. The van der Waals surface area contributed by atoms with Crippen LogP contribution in [-0.2, 0) is 0 Å². The molecule has 0 aliphatic carbocycles. The van der Waals surface area contributed by atoms with Crippen LogP contribution in [0.15, 0.2) is 48.5 Å². The summed E-state index contributed by atoms with van der Waals surface area (Å²) in [6.45, 7) is 5.24. The van der Waals surface area contributed by atoms with Gasteiger partial charge in [0.15, 0.2) is 5.11 Å². The predicted molar refractivity (Wildman–Crippen MR) is 114 cm³/mol. The number of ether oxygens (including phenoxy) is 2. The minimum atomic E-state index is 0.535. The summed E-state index contributed by atoms with van der Waals surface area (Å²) in [5.74, 6) is 1.69. The molecule has 2 aromatic rings. The summed E-state index contributed by atoms with van der Waals surface area (Å²) in [6.07, 6.45) is 0. The van der Waals surface area contributed by atoms with Crippen molar-refractivity contribution >= 4 is 64.7 Å². The van der Waals surface area contributed by atoms with E-state index >= 15 is 0 Å². The fourth-order valence-corrected chi connectivity index (χ4v) is 2.13. The third kappa shape index (κ3) is 9.23. The van der Waals surface area contributed by atoms with E-state index in [2.05, 4.69) is 10.6 Å². The Bertz CT molecular complexity index is 570.